The van der Waals surface area contributed by atoms with Gasteiger partial charge in [-0.3, -0.25) is 5.41 Å². The Morgan fingerprint density at radius 1 is 1.38 bits per heavy atom. The monoisotopic (exact) mass is 232 g/mol. The molecule has 2 aromatic rings. The first-order chi connectivity index (χ1) is 7.75. The van der Waals surface area contributed by atoms with Gasteiger partial charge in [0.25, 0.3) is 0 Å². The van der Waals surface area contributed by atoms with Crippen molar-refractivity contribution in [3.05, 3.63) is 48.3 Å². The largest absolute Gasteiger partial charge is 0.379 e. The number of rotatable bonds is 3. The molecular weight excluding hydrogens is 220 g/mol. The Morgan fingerprint density at radius 2 is 2.12 bits per heavy atom. The summed E-state index contributed by atoms with van der Waals surface area (Å²) in [4.78, 5) is 0. The Bertz CT molecular complexity index is 478. The minimum atomic E-state index is 0.132. The minimum absolute atomic E-state index is 0.132. The molecule has 0 bridgehead atoms. The topological polar surface area (TPSA) is 67.7 Å². The van der Waals surface area contributed by atoms with Crippen molar-refractivity contribution >= 4 is 16.9 Å². The van der Waals surface area contributed by atoms with Crippen LogP contribution in [0.15, 0.2) is 42.7 Å². The van der Waals surface area contributed by atoms with Crippen LogP contribution in [0, 0.1) is 5.41 Å². The number of benzene rings is 1. The maximum atomic E-state index is 7.13. The first kappa shape index (κ1) is 10.8. The van der Waals surface area contributed by atoms with Crippen LogP contribution in [0.5, 0.6) is 0 Å². The second-order valence-corrected chi connectivity index (χ2v) is 4.30. The van der Waals surface area contributed by atoms with E-state index < -0.39 is 0 Å². The zero-order valence-electron chi connectivity index (χ0n) is 8.63. The average Bonchev–Trinajstić information content (AvgIpc) is 2.76. The predicted octanol–water partition coefficient (Wildman–Crippen LogP) is 2.00. The molecule has 2 rings (SSSR count). The Kier molecular flexibility index (Phi) is 3.26. The van der Waals surface area contributed by atoms with Gasteiger partial charge in [-0.2, -0.15) is 5.10 Å². The highest BCUT2D eigenvalue weighted by molar-refractivity contribution is 8.13. The molecule has 0 amide bonds. The molecule has 1 heterocycles. The number of aromatic nitrogens is 2. The molecule has 0 radical (unpaired) electrons. The van der Waals surface area contributed by atoms with Gasteiger partial charge in [-0.15, -0.1) is 0 Å². The first-order valence-corrected chi connectivity index (χ1v) is 5.80. The van der Waals surface area contributed by atoms with Crippen LogP contribution in [0.3, 0.4) is 0 Å². The molecule has 4 nitrogen and oxygen atoms in total. The van der Waals surface area contributed by atoms with E-state index in [0.29, 0.717) is 5.75 Å². The van der Waals surface area contributed by atoms with E-state index in [1.54, 1.807) is 6.20 Å². The Morgan fingerprint density at radius 3 is 2.81 bits per heavy atom. The number of para-hydroxylation sites is 1. The van der Waals surface area contributed by atoms with E-state index >= 15 is 0 Å². The second-order valence-electron chi connectivity index (χ2n) is 3.28. The third kappa shape index (κ3) is 2.64. The zero-order chi connectivity index (χ0) is 11.4. The summed E-state index contributed by atoms with van der Waals surface area (Å²) in [6.45, 7) is 0. The molecule has 0 aliphatic rings. The lowest BCUT2D eigenvalue weighted by molar-refractivity contribution is 0.880. The van der Waals surface area contributed by atoms with Crippen molar-refractivity contribution in [1.82, 2.24) is 9.78 Å². The second kappa shape index (κ2) is 4.85. The number of amidine groups is 1. The van der Waals surface area contributed by atoms with Gasteiger partial charge in [0.2, 0.25) is 0 Å². The summed E-state index contributed by atoms with van der Waals surface area (Å²) in [7, 11) is 0. The SMILES string of the molecule is N=C(N)SCc1cnn(-c2ccccc2)c1. The smallest absolute Gasteiger partial charge is 0.151 e. The average molecular weight is 232 g/mol. The van der Waals surface area contributed by atoms with Gasteiger partial charge in [0.1, 0.15) is 0 Å². The van der Waals surface area contributed by atoms with E-state index in [9.17, 15) is 0 Å². The van der Waals surface area contributed by atoms with Gasteiger partial charge < -0.3 is 5.73 Å². The fourth-order valence-electron chi connectivity index (χ4n) is 1.32. The number of nitrogens with one attached hydrogen (secondary N) is 1. The van der Waals surface area contributed by atoms with E-state index in [1.807, 2.05) is 41.2 Å². The molecule has 3 N–H and O–H groups in total. The lowest BCUT2D eigenvalue weighted by Crippen LogP contribution is -2.03. The van der Waals surface area contributed by atoms with Crippen molar-refractivity contribution in [1.29, 1.82) is 5.41 Å². The van der Waals surface area contributed by atoms with Gasteiger partial charge in [-0.25, -0.2) is 4.68 Å². The Labute approximate surface area is 98.0 Å². The predicted molar refractivity (Wildman–Crippen MR) is 66.8 cm³/mol. The standard InChI is InChI=1S/C11H12N4S/c12-11(13)16-8-9-6-14-15(7-9)10-4-2-1-3-5-10/h1-7H,8H2,(H3,12,13). The van der Waals surface area contributed by atoms with E-state index in [4.69, 9.17) is 11.1 Å². The van der Waals surface area contributed by atoms with Crippen LogP contribution < -0.4 is 5.73 Å². The van der Waals surface area contributed by atoms with Crippen LogP contribution in [0.25, 0.3) is 5.69 Å². The van der Waals surface area contributed by atoms with Gasteiger partial charge in [0.05, 0.1) is 11.9 Å². The van der Waals surface area contributed by atoms with Gasteiger partial charge in [-0.05, 0) is 12.1 Å². The summed E-state index contributed by atoms with van der Waals surface area (Å²) >= 11 is 1.30. The third-order valence-corrected chi connectivity index (χ3v) is 2.84. The number of nitrogens with two attached hydrogens (primary N) is 1. The molecule has 0 saturated carbocycles. The Balaban J connectivity index is 2.11. The maximum Gasteiger partial charge on any atom is 0.151 e. The van der Waals surface area contributed by atoms with Gasteiger partial charge in [0.15, 0.2) is 5.17 Å². The number of nitrogens with zero attached hydrogens (tertiary/aromatic N) is 2. The minimum Gasteiger partial charge on any atom is -0.379 e. The highest BCUT2D eigenvalue weighted by Crippen LogP contribution is 2.13. The summed E-state index contributed by atoms with van der Waals surface area (Å²) in [5.74, 6) is 0.683. The summed E-state index contributed by atoms with van der Waals surface area (Å²) in [5, 5.41) is 11.5. The van der Waals surface area contributed by atoms with Crippen LogP contribution >= 0.6 is 11.8 Å². The molecule has 0 aliphatic heterocycles. The molecule has 0 aliphatic carbocycles. The van der Waals surface area contributed by atoms with Crippen molar-refractivity contribution in [3.8, 4) is 5.69 Å². The van der Waals surface area contributed by atoms with Crippen LogP contribution in [0.1, 0.15) is 5.56 Å². The maximum absolute atomic E-state index is 7.13. The Hall–Kier alpha value is -1.75. The molecule has 1 aromatic carbocycles. The highest BCUT2D eigenvalue weighted by atomic mass is 32.2. The van der Waals surface area contributed by atoms with Crippen molar-refractivity contribution in [2.75, 3.05) is 0 Å². The van der Waals surface area contributed by atoms with Crippen LogP contribution in [-0.2, 0) is 5.75 Å². The summed E-state index contributed by atoms with van der Waals surface area (Å²) in [5.41, 5.74) is 7.37. The van der Waals surface area contributed by atoms with Crippen LogP contribution in [0.2, 0.25) is 0 Å². The van der Waals surface area contributed by atoms with Crippen molar-refractivity contribution in [3.63, 3.8) is 0 Å². The van der Waals surface area contributed by atoms with E-state index in [1.165, 1.54) is 11.8 Å². The molecule has 1 aromatic heterocycles. The lowest BCUT2D eigenvalue weighted by Gasteiger charge is -1.99. The lowest BCUT2D eigenvalue weighted by atomic mass is 10.3. The zero-order valence-corrected chi connectivity index (χ0v) is 9.45. The van der Waals surface area contributed by atoms with E-state index in [-0.39, 0.29) is 5.17 Å². The molecule has 0 unspecified atom stereocenters. The fourth-order valence-corrected chi connectivity index (χ4v) is 1.79. The van der Waals surface area contributed by atoms with Crippen molar-refractivity contribution in [2.24, 2.45) is 5.73 Å². The van der Waals surface area contributed by atoms with Gasteiger partial charge >= 0.3 is 0 Å². The van der Waals surface area contributed by atoms with E-state index in [2.05, 4.69) is 5.10 Å². The molecule has 5 heteroatoms. The molecule has 0 saturated heterocycles. The number of hydrogen-bond donors (Lipinski definition) is 2. The third-order valence-electron chi connectivity index (χ3n) is 2.05. The number of hydrogen-bond acceptors (Lipinski definition) is 3. The quantitative estimate of drug-likeness (QED) is 0.628. The van der Waals surface area contributed by atoms with Crippen LogP contribution in [-0.4, -0.2) is 14.9 Å². The van der Waals surface area contributed by atoms with Crippen molar-refractivity contribution < 1.29 is 0 Å². The highest BCUT2D eigenvalue weighted by Gasteiger charge is 2.01. The summed E-state index contributed by atoms with van der Waals surface area (Å²) in [6.07, 6.45) is 3.74. The van der Waals surface area contributed by atoms with Gasteiger partial charge in [-0.1, -0.05) is 30.0 Å². The van der Waals surface area contributed by atoms with E-state index in [0.717, 1.165) is 11.3 Å². The first-order valence-electron chi connectivity index (χ1n) is 4.81. The van der Waals surface area contributed by atoms with Gasteiger partial charge in [0, 0.05) is 17.5 Å². The molecular formula is C11H12N4S. The molecule has 0 atom stereocenters. The molecule has 16 heavy (non-hydrogen) atoms. The molecule has 0 spiro atoms. The molecule has 0 fully saturated rings. The summed E-state index contributed by atoms with van der Waals surface area (Å²) in [6, 6.07) is 9.91. The number of thioether (sulfide) groups is 1. The fraction of sp³-hybridized carbons (Fsp3) is 0.0909. The summed E-state index contributed by atoms with van der Waals surface area (Å²) < 4.78 is 1.82. The van der Waals surface area contributed by atoms with Crippen molar-refractivity contribution in [2.45, 2.75) is 5.75 Å². The van der Waals surface area contributed by atoms with Crippen LogP contribution in [0.4, 0.5) is 0 Å². The molecule has 82 valence electrons. The normalized spacial score (nSPS) is 10.2.